The van der Waals surface area contributed by atoms with Gasteiger partial charge in [-0.15, -0.1) is 0 Å². The zero-order valence-corrected chi connectivity index (χ0v) is 18.3. The summed E-state index contributed by atoms with van der Waals surface area (Å²) in [5.41, 5.74) is 4.33. The number of aliphatic carboxylic acids is 1. The minimum Gasteiger partial charge on any atom is -0.481 e. The minimum absolute atomic E-state index is 0.0992. The van der Waals surface area contributed by atoms with Crippen LogP contribution in [0.4, 0.5) is 5.69 Å². The third-order valence-electron chi connectivity index (χ3n) is 5.57. The molecule has 1 aliphatic rings. The van der Waals surface area contributed by atoms with E-state index in [1.165, 1.54) is 5.56 Å². The Kier molecular flexibility index (Phi) is 7.96. The number of carbonyl (C=O) groups is 1. The Morgan fingerprint density at radius 1 is 1.14 bits per heavy atom. The number of hydrogen-bond donors (Lipinski definition) is 2. The number of nitrogens with zero attached hydrogens (tertiary/aromatic N) is 2. The summed E-state index contributed by atoms with van der Waals surface area (Å²) in [7, 11) is -3.97. The summed E-state index contributed by atoms with van der Waals surface area (Å²) in [5, 5.41) is 8.75. The Balaban J connectivity index is 2.01. The molecule has 0 bridgehead atoms. The highest BCUT2D eigenvalue weighted by Gasteiger charge is 2.32. The zero-order valence-electron chi connectivity index (χ0n) is 17.5. The Bertz CT molecular complexity index is 862. The SMILES string of the molecule is CC1=Nc2ccc(CN(CCCCCC(=O)O)CCCS(=O)(=O)O)cc2C1(C)C. The minimum atomic E-state index is -3.97. The van der Waals surface area contributed by atoms with E-state index in [1.54, 1.807) is 0 Å². The molecule has 0 spiro atoms. The smallest absolute Gasteiger partial charge is 0.303 e. The number of unbranched alkanes of at least 4 members (excludes halogenated alkanes) is 2. The third-order valence-corrected chi connectivity index (χ3v) is 6.38. The van der Waals surface area contributed by atoms with Gasteiger partial charge in [0.25, 0.3) is 10.1 Å². The Hall–Kier alpha value is -1.77. The van der Waals surface area contributed by atoms with Crippen LogP contribution < -0.4 is 0 Å². The number of carboxylic acid groups (broad SMARTS) is 1. The van der Waals surface area contributed by atoms with E-state index in [0.29, 0.717) is 25.9 Å². The van der Waals surface area contributed by atoms with Gasteiger partial charge in [-0.1, -0.05) is 32.4 Å². The standard InChI is InChI=1S/C21H32N2O5S/c1-16-21(2,3)18-14-17(9-10-19(18)22-16)15-23(12-7-13-29(26,27)28)11-6-4-5-8-20(24)25/h9-10,14H,4-8,11-13,15H2,1-3H3,(H,24,25)(H,26,27,28). The third kappa shape index (κ3) is 7.21. The lowest BCUT2D eigenvalue weighted by Gasteiger charge is -2.24. The van der Waals surface area contributed by atoms with Crippen molar-refractivity contribution in [2.45, 2.75) is 64.8 Å². The second-order valence-electron chi connectivity index (χ2n) is 8.29. The van der Waals surface area contributed by atoms with Crippen molar-refractivity contribution in [3.63, 3.8) is 0 Å². The molecule has 2 rings (SSSR count). The van der Waals surface area contributed by atoms with Crippen molar-refractivity contribution >= 4 is 27.5 Å². The van der Waals surface area contributed by atoms with Gasteiger partial charge in [-0.25, -0.2) is 0 Å². The number of fused-ring (bicyclic) bond motifs is 1. The van der Waals surface area contributed by atoms with Gasteiger partial charge in [-0.3, -0.25) is 19.2 Å². The molecular weight excluding hydrogens is 392 g/mol. The van der Waals surface area contributed by atoms with Gasteiger partial charge in [0.2, 0.25) is 0 Å². The van der Waals surface area contributed by atoms with Gasteiger partial charge in [0.1, 0.15) is 0 Å². The Morgan fingerprint density at radius 2 is 1.83 bits per heavy atom. The number of carboxylic acids is 1. The van der Waals surface area contributed by atoms with Crippen LogP contribution in [0.15, 0.2) is 23.2 Å². The topological polar surface area (TPSA) is 107 Å². The molecule has 1 aromatic rings. The van der Waals surface area contributed by atoms with Crippen LogP contribution in [-0.2, 0) is 26.9 Å². The zero-order chi connectivity index (χ0) is 21.7. The number of aliphatic imine (C=N–C) groups is 1. The maximum absolute atomic E-state index is 11.0. The van der Waals surface area contributed by atoms with Crippen LogP contribution in [0.25, 0.3) is 0 Å². The molecule has 0 aromatic heterocycles. The van der Waals surface area contributed by atoms with Gasteiger partial charge in [-0.05, 0) is 56.5 Å². The van der Waals surface area contributed by atoms with E-state index < -0.39 is 16.1 Å². The summed E-state index contributed by atoms with van der Waals surface area (Å²) in [4.78, 5) is 17.5. The summed E-state index contributed by atoms with van der Waals surface area (Å²) in [6.07, 6.45) is 2.82. The van der Waals surface area contributed by atoms with Crippen LogP contribution in [0.5, 0.6) is 0 Å². The maximum atomic E-state index is 11.0. The average molecular weight is 425 g/mol. The lowest BCUT2D eigenvalue weighted by atomic mass is 9.81. The van der Waals surface area contributed by atoms with E-state index in [1.807, 2.05) is 13.0 Å². The van der Waals surface area contributed by atoms with Crippen molar-refractivity contribution in [1.82, 2.24) is 4.90 Å². The van der Waals surface area contributed by atoms with Crippen molar-refractivity contribution in [1.29, 1.82) is 0 Å². The normalized spacial score (nSPS) is 15.4. The molecule has 1 heterocycles. The van der Waals surface area contributed by atoms with E-state index in [2.05, 4.69) is 35.9 Å². The molecule has 29 heavy (non-hydrogen) atoms. The molecule has 2 N–H and O–H groups in total. The highest BCUT2D eigenvalue weighted by Crippen LogP contribution is 2.40. The van der Waals surface area contributed by atoms with Crippen LogP contribution in [0, 0.1) is 0 Å². The molecular formula is C21H32N2O5S. The second kappa shape index (κ2) is 9.82. The maximum Gasteiger partial charge on any atom is 0.303 e. The lowest BCUT2D eigenvalue weighted by molar-refractivity contribution is -0.137. The summed E-state index contributed by atoms with van der Waals surface area (Å²) in [6, 6.07) is 6.26. The van der Waals surface area contributed by atoms with Gasteiger partial charge in [0.15, 0.2) is 0 Å². The predicted octanol–water partition coefficient (Wildman–Crippen LogP) is 3.80. The predicted molar refractivity (Wildman–Crippen MR) is 115 cm³/mol. The molecule has 162 valence electrons. The fourth-order valence-electron chi connectivity index (χ4n) is 3.58. The van der Waals surface area contributed by atoms with Crippen LogP contribution in [0.2, 0.25) is 0 Å². The number of rotatable bonds is 12. The molecule has 0 unspecified atom stereocenters. The van der Waals surface area contributed by atoms with Gasteiger partial charge >= 0.3 is 5.97 Å². The van der Waals surface area contributed by atoms with Crippen LogP contribution >= 0.6 is 0 Å². The monoisotopic (exact) mass is 424 g/mol. The summed E-state index contributed by atoms with van der Waals surface area (Å²) in [5.74, 6) is -1.04. The molecule has 7 nitrogen and oxygen atoms in total. The first-order valence-electron chi connectivity index (χ1n) is 10.1. The molecule has 0 aliphatic carbocycles. The molecule has 0 amide bonds. The second-order valence-corrected chi connectivity index (χ2v) is 9.87. The van der Waals surface area contributed by atoms with Gasteiger partial charge in [0, 0.05) is 24.1 Å². The van der Waals surface area contributed by atoms with Gasteiger partial charge in [-0.2, -0.15) is 8.42 Å². The molecule has 8 heteroatoms. The van der Waals surface area contributed by atoms with Crippen molar-refractivity contribution in [3.05, 3.63) is 29.3 Å². The first-order chi connectivity index (χ1) is 13.5. The fraction of sp³-hybridized carbons (Fsp3) is 0.619. The van der Waals surface area contributed by atoms with Crippen LogP contribution in [-0.4, -0.2) is 53.5 Å². The van der Waals surface area contributed by atoms with Crippen LogP contribution in [0.3, 0.4) is 0 Å². The molecule has 1 aliphatic heterocycles. The molecule has 0 saturated heterocycles. The van der Waals surface area contributed by atoms with Gasteiger partial charge in [0.05, 0.1) is 11.4 Å². The van der Waals surface area contributed by atoms with E-state index in [4.69, 9.17) is 9.66 Å². The Morgan fingerprint density at radius 3 is 2.48 bits per heavy atom. The van der Waals surface area contributed by atoms with Crippen molar-refractivity contribution in [3.8, 4) is 0 Å². The first kappa shape index (κ1) is 23.5. The lowest BCUT2D eigenvalue weighted by Crippen LogP contribution is -2.27. The Labute approximate surface area is 173 Å². The molecule has 0 radical (unpaired) electrons. The van der Waals surface area contributed by atoms with E-state index in [-0.39, 0.29) is 17.6 Å². The van der Waals surface area contributed by atoms with Crippen molar-refractivity contribution < 1.29 is 22.9 Å². The van der Waals surface area contributed by atoms with Crippen LogP contribution in [0.1, 0.15) is 64.0 Å². The first-order valence-corrected chi connectivity index (χ1v) is 11.7. The van der Waals surface area contributed by atoms with Crippen molar-refractivity contribution in [2.75, 3.05) is 18.8 Å². The van der Waals surface area contributed by atoms with Crippen molar-refractivity contribution in [2.24, 2.45) is 4.99 Å². The highest BCUT2D eigenvalue weighted by atomic mass is 32.2. The van der Waals surface area contributed by atoms with E-state index in [9.17, 15) is 13.2 Å². The molecule has 0 fully saturated rings. The highest BCUT2D eigenvalue weighted by molar-refractivity contribution is 7.85. The number of hydrogen-bond acceptors (Lipinski definition) is 5. The summed E-state index contributed by atoms with van der Waals surface area (Å²) < 4.78 is 31.1. The van der Waals surface area contributed by atoms with E-state index >= 15 is 0 Å². The quantitative estimate of drug-likeness (QED) is 0.390. The van der Waals surface area contributed by atoms with E-state index in [0.717, 1.165) is 36.3 Å². The largest absolute Gasteiger partial charge is 0.481 e. The molecule has 0 saturated carbocycles. The number of benzene rings is 1. The van der Waals surface area contributed by atoms with Gasteiger partial charge < -0.3 is 5.11 Å². The summed E-state index contributed by atoms with van der Waals surface area (Å²) in [6.45, 7) is 8.34. The molecule has 0 atom stereocenters. The fourth-order valence-corrected chi connectivity index (χ4v) is 4.08. The summed E-state index contributed by atoms with van der Waals surface area (Å²) >= 11 is 0. The molecule has 1 aromatic carbocycles. The average Bonchev–Trinajstić information content (AvgIpc) is 2.82.